The van der Waals surface area contributed by atoms with E-state index in [9.17, 15) is 18.0 Å². The molecule has 2 N–H and O–H groups in total. The van der Waals surface area contributed by atoms with Gasteiger partial charge in [-0.2, -0.15) is 13.2 Å². The van der Waals surface area contributed by atoms with E-state index in [1.54, 1.807) is 6.07 Å². The Balaban J connectivity index is 1.70. The molecule has 1 aromatic rings. The highest BCUT2D eigenvalue weighted by atomic mass is 19.4. The molecule has 1 saturated carbocycles. The van der Waals surface area contributed by atoms with Gasteiger partial charge in [0.1, 0.15) is 0 Å². The molecule has 2 aliphatic carbocycles. The van der Waals surface area contributed by atoms with Gasteiger partial charge >= 0.3 is 12.2 Å². The topological polar surface area (TPSA) is 41.1 Å². The van der Waals surface area contributed by atoms with E-state index in [2.05, 4.69) is 10.6 Å². The Labute approximate surface area is 133 Å². The second-order valence-electron chi connectivity index (χ2n) is 6.20. The van der Waals surface area contributed by atoms with Crippen molar-refractivity contribution in [1.82, 2.24) is 10.6 Å². The van der Waals surface area contributed by atoms with E-state index >= 15 is 0 Å². The second-order valence-corrected chi connectivity index (χ2v) is 6.20. The maximum absolute atomic E-state index is 12.9. The molecule has 6 heteroatoms. The highest BCUT2D eigenvalue weighted by molar-refractivity contribution is 5.75. The van der Waals surface area contributed by atoms with Crippen LogP contribution < -0.4 is 10.6 Å². The summed E-state index contributed by atoms with van der Waals surface area (Å²) in [6, 6.07) is 4.64. The van der Waals surface area contributed by atoms with Crippen LogP contribution in [-0.4, -0.2) is 12.1 Å². The molecule has 0 aromatic heterocycles. The van der Waals surface area contributed by atoms with Crippen LogP contribution in [0.4, 0.5) is 18.0 Å². The number of hydrogen-bond acceptors (Lipinski definition) is 1. The number of alkyl halides is 3. The van der Waals surface area contributed by atoms with Gasteiger partial charge in [-0.3, -0.25) is 0 Å². The van der Waals surface area contributed by atoms with Crippen LogP contribution in [0, 0.1) is 5.92 Å². The minimum Gasteiger partial charge on any atom is -0.335 e. The summed E-state index contributed by atoms with van der Waals surface area (Å²) in [5, 5.41) is 5.73. The molecule has 3 rings (SSSR count). The summed E-state index contributed by atoms with van der Waals surface area (Å²) in [6.45, 7) is 0. The third kappa shape index (κ3) is 4.06. The van der Waals surface area contributed by atoms with Gasteiger partial charge in [0.05, 0.1) is 11.6 Å². The van der Waals surface area contributed by atoms with Crippen LogP contribution in [0.1, 0.15) is 42.9 Å². The van der Waals surface area contributed by atoms with Crippen molar-refractivity contribution >= 4 is 6.03 Å². The molecular weight excluding hydrogens is 305 g/mol. The molecule has 0 bridgehead atoms. The lowest BCUT2D eigenvalue weighted by Gasteiger charge is -2.22. The van der Waals surface area contributed by atoms with Crippen LogP contribution in [0.2, 0.25) is 0 Å². The Bertz CT molecular complexity index is 600. The van der Waals surface area contributed by atoms with Gasteiger partial charge in [0.15, 0.2) is 0 Å². The average Bonchev–Trinajstić information content (AvgIpc) is 3.22. The Morgan fingerprint density at radius 1 is 1.17 bits per heavy atom. The van der Waals surface area contributed by atoms with Crippen LogP contribution in [0.3, 0.4) is 0 Å². The molecular formula is C17H19F3N2O. The first kappa shape index (κ1) is 15.9. The molecule has 2 amide bonds. The normalized spacial score (nSPS) is 19.6. The van der Waals surface area contributed by atoms with Crippen molar-refractivity contribution in [2.24, 2.45) is 5.92 Å². The lowest BCUT2D eigenvalue weighted by atomic mass is 10.00. The van der Waals surface area contributed by atoms with E-state index in [4.69, 9.17) is 0 Å². The third-order valence-electron chi connectivity index (χ3n) is 4.30. The van der Waals surface area contributed by atoms with Crippen LogP contribution >= 0.6 is 0 Å². The van der Waals surface area contributed by atoms with E-state index in [1.807, 2.05) is 12.2 Å². The Kier molecular flexibility index (Phi) is 4.33. The molecule has 0 spiro atoms. The standard InChI is InChI=1S/C17H19F3N2O/c18-17(19,20)13-5-3-4-12(10-13)15(11-8-9-11)22-16(23)21-14-6-1-2-7-14/h1-5,10-11,14-15H,6-9H2,(H2,21,22,23). The summed E-state index contributed by atoms with van der Waals surface area (Å²) in [6.07, 6.45) is 3.09. The zero-order chi connectivity index (χ0) is 16.4. The molecule has 0 heterocycles. The first-order valence-electron chi connectivity index (χ1n) is 7.82. The molecule has 124 valence electrons. The third-order valence-corrected chi connectivity index (χ3v) is 4.30. The minimum absolute atomic E-state index is 0.0800. The number of halogens is 3. The molecule has 2 aliphatic rings. The fourth-order valence-corrected chi connectivity index (χ4v) is 2.91. The number of benzene rings is 1. The fraction of sp³-hybridized carbons (Fsp3) is 0.471. The predicted octanol–water partition coefficient (Wildman–Crippen LogP) is 4.17. The van der Waals surface area contributed by atoms with Gasteiger partial charge in [0.2, 0.25) is 0 Å². The van der Waals surface area contributed by atoms with Gasteiger partial charge in [-0.25, -0.2) is 4.79 Å². The highest BCUT2D eigenvalue weighted by Gasteiger charge is 2.36. The van der Waals surface area contributed by atoms with E-state index in [1.165, 1.54) is 6.07 Å². The number of rotatable bonds is 4. The summed E-state index contributed by atoms with van der Waals surface area (Å²) in [7, 11) is 0. The Morgan fingerprint density at radius 2 is 1.87 bits per heavy atom. The molecule has 3 nitrogen and oxygen atoms in total. The summed E-state index contributed by atoms with van der Waals surface area (Å²) < 4.78 is 38.6. The van der Waals surface area contributed by atoms with Crippen LogP contribution in [0.15, 0.2) is 36.4 Å². The van der Waals surface area contributed by atoms with Crippen LogP contribution in [-0.2, 0) is 6.18 Å². The zero-order valence-corrected chi connectivity index (χ0v) is 12.6. The van der Waals surface area contributed by atoms with E-state index in [-0.39, 0.29) is 24.0 Å². The Morgan fingerprint density at radius 3 is 2.48 bits per heavy atom. The lowest BCUT2D eigenvalue weighted by Crippen LogP contribution is -2.43. The van der Waals surface area contributed by atoms with Gasteiger partial charge < -0.3 is 10.6 Å². The number of amides is 2. The van der Waals surface area contributed by atoms with E-state index in [0.717, 1.165) is 37.8 Å². The van der Waals surface area contributed by atoms with Gasteiger partial charge in [-0.05, 0) is 49.3 Å². The molecule has 23 heavy (non-hydrogen) atoms. The molecule has 0 aliphatic heterocycles. The number of nitrogens with one attached hydrogen (secondary N) is 2. The quantitative estimate of drug-likeness (QED) is 0.802. The molecule has 1 fully saturated rings. The zero-order valence-electron chi connectivity index (χ0n) is 12.6. The second kappa shape index (κ2) is 6.26. The van der Waals surface area contributed by atoms with Gasteiger partial charge in [-0.1, -0.05) is 24.3 Å². The van der Waals surface area contributed by atoms with Crippen molar-refractivity contribution < 1.29 is 18.0 Å². The number of urea groups is 1. The first-order chi connectivity index (χ1) is 10.9. The van der Waals surface area contributed by atoms with Crippen molar-refractivity contribution in [3.05, 3.63) is 47.5 Å². The van der Waals surface area contributed by atoms with Gasteiger partial charge in [0.25, 0.3) is 0 Å². The predicted molar refractivity (Wildman–Crippen MR) is 80.7 cm³/mol. The van der Waals surface area contributed by atoms with E-state index in [0.29, 0.717) is 5.56 Å². The van der Waals surface area contributed by atoms with E-state index < -0.39 is 11.7 Å². The van der Waals surface area contributed by atoms with Crippen molar-refractivity contribution in [2.75, 3.05) is 0 Å². The number of hydrogen-bond donors (Lipinski definition) is 2. The Hall–Kier alpha value is -1.98. The molecule has 1 aromatic carbocycles. The summed E-state index contributed by atoms with van der Waals surface area (Å²) >= 11 is 0. The summed E-state index contributed by atoms with van der Waals surface area (Å²) in [5.41, 5.74) is -0.162. The maximum Gasteiger partial charge on any atom is 0.416 e. The molecule has 0 radical (unpaired) electrons. The number of carbonyl (C=O) groups is 1. The summed E-state index contributed by atoms with van der Waals surface area (Å²) in [4.78, 5) is 12.1. The monoisotopic (exact) mass is 324 g/mol. The van der Waals surface area contributed by atoms with Crippen LogP contribution in [0.25, 0.3) is 0 Å². The number of carbonyl (C=O) groups excluding carboxylic acids is 1. The van der Waals surface area contributed by atoms with Gasteiger partial charge in [0, 0.05) is 6.04 Å². The molecule has 0 saturated heterocycles. The smallest absolute Gasteiger partial charge is 0.335 e. The minimum atomic E-state index is -4.37. The van der Waals surface area contributed by atoms with Crippen molar-refractivity contribution in [1.29, 1.82) is 0 Å². The SMILES string of the molecule is O=C(NC1CC=CC1)NC(c1cccc(C(F)(F)F)c1)C1CC1. The van der Waals surface area contributed by atoms with Crippen molar-refractivity contribution in [2.45, 2.75) is 43.9 Å². The van der Waals surface area contributed by atoms with Crippen molar-refractivity contribution in [3.8, 4) is 0 Å². The molecule has 1 atom stereocenters. The first-order valence-corrected chi connectivity index (χ1v) is 7.82. The highest BCUT2D eigenvalue weighted by Crippen LogP contribution is 2.42. The fourth-order valence-electron chi connectivity index (χ4n) is 2.91. The van der Waals surface area contributed by atoms with Gasteiger partial charge in [-0.15, -0.1) is 0 Å². The van der Waals surface area contributed by atoms with Crippen molar-refractivity contribution in [3.63, 3.8) is 0 Å². The summed E-state index contributed by atoms with van der Waals surface area (Å²) in [5.74, 6) is 0.214. The molecule has 1 unspecified atom stereocenters. The largest absolute Gasteiger partial charge is 0.416 e. The average molecular weight is 324 g/mol. The maximum atomic E-state index is 12.9. The van der Waals surface area contributed by atoms with Crippen LogP contribution in [0.5, 0.6) is 0 Å². The lowest BCUT2D eigenvalue weighted by molar-refractivity contribution is -0.137.